The van der Waals surface area contributed by atoms with Gasteiger partial charge in [0.1, 0.15) is 17.3 Å². The SMILES string of the molecule is COc1ccc(-c2nn(-c3ccccc3)cc2CN2CCN3CCC[C@H]3C2)c(F)c1. The van der Waals surface area contributed by atoms with E-state index in [2.05, 4.69) is 16.0 Å². The Kier molecular flexibility index (Phi) is 5.27. The van der Waals surface area contributed by atoms with E-state index in [1.165, 1.54) is 25.5 Å². The smallest absolute Gasteiger partial charge is 0.136 e. The highest BCUT2D eigenvalue weighted by molar-refractivity contribution is 5.65. The summed E-state index contributed by atoms with van der Waals surface area (Å²) in [5.41, 5.74) is 3.24. The van der Waals surface area contributed by atoms with Crippen molar-refractivity contribution in [1.82, 2.24) is 19.6 Å². The molecule has 1 atom stereocenters. The number of aromatic nitrogens is 2. The van der Waals surface area contributed by atoms with Gasteiger partial charge in [-0.2, -0.15) is 5.10 Å². The van der Waals surface area contributed by atoms with Gasteiger partial charge in [-0.1, -0.05) is 18.2 Å². The van der Waals surface area contributed by atoms with Crippen LogP contribution in [0.4, 0.5) is 4.39 Å². The van der Waals surface area contributed by atoms with E-state index in [1.54, 1.807) is 19.2 Å². The highest BCUT2D eigenvalue weighted by Gasteiger charge is 2.31. The first kappa shape index (κ1) is 19.3. The molecule has 2 fully saturated rings. The van der Waals surface area contributed by atoms with Crippen molar-refractivity contribution < 1.29 is 9.13 Å². The second-order valence-electron chi connectivity index (χ2n) is 8.20. The van der Waals surface area contributed by atoms with Crippen molar-refractivity contribution in [2.75, 3.05) is 33.3 Å². The lowest BCUT2D eigenvalue weighted by atomic mass is 10.1. The molecule has 0 spiro atoms. The molecule has 1 aromatic heterocycles. The minimum atomic E-state index is -0.311. The average Bonchev–Trinajstić information content (AvgIpc) is 3.41. The molecule has 2 saturated heterocycles. The third-order valence-electron chi connectivity index (χ3n) is 6.31. The number of rotatable bonds is 5. The number of hydrogen-bond donors (Lipinski definition) is 0. The summed E-state index contributed by atoms with van der Waals surface area (Å²) in [5, 5.41) is 4.80. The number of para-hydroxylation sites is 1. The molecule has 0 saturated carbocycles. The van der Waals surface area contributed by atoms with Crippen molar-refractivity contribution in [2.24, 2.45) is 0 Å². The van der Waals surface area contributed by atoms with Gasteiger partial charge in [-0.25, -0.2) is 9.07 Å². The van der Waals surface area contributed by atoms with E-state index >= 15 is 0 Å². The van der Waals surface area contributed by atoms with Crippen LogP contribution >= 0.6 is 0 Å². The first-order valence-corrected chi connectivity index (χ1v) is 10.7. The van der Waals surface area contributed by atoms with Gasteiger partial charge in [0.2, 0.25) is 0 Å². The molecule has 2 aliphatic heterocycles. The van der Waals surface area contributed by atoms with E-state index in [0.717, 1.165) is 37.4 Å². The zero-order chi connectivity index (χ0) is 20.5. The normalized spacial score (nSPS) is 19.7. The lowest BCUT2D eigenvalue weighted by molar-refractivity contribution is 0.0995. The predicted molar refractivity (Wildman–Crippen MR) is 115 cm³/mol. The number of nitrogens with zero attached hydrogens (tertiary/aromatic N) is 4. The van der Waals surface area contributed by atoms with Crippen LogP contribution < -0.4 is 4.74 Å². The Morgan fingerprint density at radius 3 is 2.77 bits per heavy atom. The van der Waals surface area contributed by atoms with Crippen molar-refractivity contribution >= 4 is 0 Å². The van der Waals surface area contributed by atoms with Crippen LogP contribution in [0.3, 0.4) is 0 Å². The Hall–Kier alpha value is -2.70. The molecule has 2 aromatic carbocycles. The van der Waals surface area contributed by atoms with Crippen LogP contribution in [0.15, 0.2) is 54.7 Å². The fourth-order valence-corrected chi connectivity index (χ4v) is 4.72. The van der Waals surface area contributed by atoms with E-state index in [0.29, 0.717) is 23.0 Å². The maximum atomic E-state index is 14.9. The molecule has 30 heavy (non-hydrogen) atoms. The molecule has 6 heteroatoms. The topological polar surface area (TPSA) is 33.5 Å². The summed E-state index contributed by atoms with van der Waals surface area (Å²) in [6.07, 6.45) is 4.63. The molecular formula is C24H27FN4O. The van der Waals surface area contributed by atoms with Crippen LogP contribution in [-0.4, -0.2) is 58.9 Å². The lowest BCUT2D eigenvalue weighted by Crippen LogP contribution is -2.49. The molecule has 0 amide bonds. The Morgan fingerprint density at radius 2 is 1.97 bits per heavy atom. The number of halogens is 1. The molecular weight excluding hydrogens is 379 g/mol. The minimum absolute atomic E-state index is 0.311. The van der Waals surface area contributed by atoms with Crippen molar-refractivity contribution in [1.29, 1.82) is 0 Å². The van der Waals surface area contributed by atoms with Crippen LogP contribution in [0, 0.1) is 5.82 Å². The fourth-order valence-electron chi connectivity index (χ4n) is 4.72. The van der Waals surface area contributed by atoms with Crippen LogP contribution in [0.5, 0.6) is 5.75 Å². The Balaban J connectivity index is 1.49. The predicted octanol–water partition coefficient (Wildman–Crippen LogP) is 3.97. The Labute approximate surface area is 176 Å². The van der Waals surface area contributed by atoms with E-state index in [9.17, 15) is 4.39 Å². The quantitative estimate of drug-likeness (QED) is 0.642. The van der Waals surface area contributed by atoms with E-state index in [1.807, 2.05) is 35.0 Å². The van der Waals surface area contributed by atoms with Gasteiger partial charge in [0, 0.05) is 55.6 Å². The zero-order valence-corrected chi connectivity index (χ0v) is 17.3. The van der Waals surface area contributed by atoms with E-state index < -0.39 is 0 Å². The monoisotopic (exact) mass is 406 g/mol. The van der Waals surface area contributed by atoms with Gasteiger partial charge in [-0.3, -0.25) is 9.80 Å². The minimum Gasteiger partial charge on any atom is -0.497 e. The van der Waals surface area contributed by atoms with Crippen molar-refractivity contribution in [3.63, 3.8) is 0 Å². The highest BCUT2D eigenvalue weighted by atomic mass is 19.1. The number of benzene rings is 2. The third-order valence-corrected chi connectivity index (χ3v) is 6.31. The number of ether oxygens (including phenoxy) is 1. The van der Waals surface area contributed by atoms with Gasteiger partial charge in [-0.15, -0.1) is 0 Å². The molecule has 2 aliphatic rings. The summed E-state index contributed by atoms with van der Waals surface area (Å²) in [4.78, 5) is 5.09. The number of piperazine rings is 1. The first-order chi connectivity index (χ1) is 14.7. The van der Waals surface area contributed by atoms with Crippen LogP contribution in [0.1, 0.15) is 18.4 Å². The fraction of sp³-hybridized carbons (Fsp3) is 0.375. The molecule has 3 heterocycles. The molecule has 0 N–H and O–H groups in total. The first-order valence-electron chi connectivity index (χ1n) is 10.7. The number of hydrogen-bond acceptors (Lipinski definition) is 4. The standard InChI is InChI=1S/C24H27FN4O/c1-30-21-9-10-22(23(25)14-21)24-18(16-29(26-24)19-6-3-2-4-7-19)15-27-12-13-28-11-5-8-20(28)17-27/h2-4,6-7,9-10,14,16,20H,5,8,11-13,15,17H2,1H3/t20-/m0/s1. The van der Waals surface area contributed by atoms with Gasteiger partial charge in [0.05, 0.1) is 12.8 Å². The van der Waals surface area contributed by atoms with E-state index in [-0.39, 0.29) is 5.82 Å². The summed E-state index contributed by atoms with van der Waals surface area (Å²) >= 11 is 0. The van der Waals surface area contributed by atoms with Gasteiger partial charge in [0.15, 0.2) is 0 Å². The molecule has 0 radical (unpaired) electrons. The second-order valence-corrected chi connectivity index (χ2v) is 8.20. The molecule has 3 aromatic rings. The summed E-state index contributed by atoms with van der Waals surface area (Å²) < 4.78 is 22.0. The average molecular weight is 407 g/mol. The van der Waals surface area contributed by atoms with Crippen LogP contribution in [-0.2, 0) is 6.54 Å². The Morgan fingerprint density at radius 1 is 1.10 bits per heavy atom. The molecule has 0 bridgehead atoms. The molecule has 5 rings (SSSR count). The van der Waals surface area contributed by atoms with Crippen LogP contribution in [0.2, 0.25) is 0 Å². The summed E-state index contributed by atoms with van der Waals surface area (Å²) in [7, 11) is 1.55. The maximum Gasteiger partial charge on any atom is 0.136 e. The third kappa shape index (κ3) is 3.73. The molecule has 0 aliphatic carbocycles. The lowest BCUT2D eigenvalue weighted by Gasteiger charge is -2.37. The van der Waals surface area contributed by atoms with Crippen LogP contribution in [0.25, 0.3) is 16.9 Å². The maximum absolute atomic E-state index is 14.9. The van der Waals surface area contributed by atoms with E-state index in [4.69, 9.17) is 9.84 Å². The second kappa shape index (κ2) is 8.20. The summed E-state index contributed by atoms with van der Waals surface area (Å²) in [6, 6.07) is 15.6. The molecule has 5 nitrogen and oxygen atoms in total. The van der Waals surface area contributed by atoms with Gasteiger partial charge < -0.3 is 4.74 Å². The summed E-state index contributed by atoms with van der Waals surface area (Å²) in [6.45, 7) is 5.23. The van der Waals surface area contributed by atoms with Gasteiger partial charge in [0.25, 0.3) is 0 Å². The van der Waals surface area contributed by atoms with Crippen molar-refractivity contribution in [2.45, 2.75) is 25.4 Å². The van der Waals surface area contributed by atoms with Crippen molar-refractivity contribution in [3.8, 4) is 22.7 Å². The van der Waals surface area contributed by atoms with Gasteiger partial charge in [-0.05, 0) is 43.7 Å². The highest BCUT2D eigenvalue weighted by Crippen LogP contribution is 2.30. The van der Waals surface area contributed by atoms with Gasteiger partial charge >= 0.3 is 0 Å². The van der Waals surface area contributed by atoms with Crippen molar-refractivity contribution in [3.05, 3.63) is 66.1 Å². The number of methoxy groups -OCH3 is 1. The summed E-state index contributed by atoms with van der Waals surface area (Å²) in [5.74, 6) is 0.201. The molecule has 0 unspecified atom stereocenters. The largest absolute Gasteiger partial charge is 0.497 e. The molecule has 156 valence electrons. The number of fused-ring (bicyclic) bond motifs is 1. The Bertz CT molecular complexity index is 1020. The zero-order valence-electron chi connectivity index (χ0n) is 17.3.